The lowest BCUT2D eigenvalue weighted by molar-refractivity contribution is -0.137. The lowest BCUT2D eigenvalue weighted by Gasteiger charge is -2.06. The fourth-order valence-corrected chi connectivity index (χ4v) is 1.48. The first-order valence-corrected chi connectivity index (χ1v) is 5.47. The standard InChI is InChI=1S/C11H10BrNO3/c12-9-3-4-10(8(6-9)7-13)16-5-1-2-11(14)15/h3-4,6H,1-2,5H2,(H,14,15). The highest BCUT2D eigenvalue weighted by Gasteiger charge is 2.04. The lowest BCUT2D eigenvalue weighted by Crippen LogP contribution is -2.03. The smallest absolute Gasteiger partial charge is 0.303 e. The number of ether oxygens (including phenoxy) is 1. The molecule has 1 N–H and O–H groups in total. The van der Waals surface area contributed by atoms with Crippen molar-refractivity contribution in [3.8, 4) is 11.8 Å². The molecule has 0 aromatic heterocycles. The van der Waals surface area contributed by atoms with Gasteiger partial charge < -0.3 is 9.84 Å². The van der Waals surface area contributed by atoms with E-state index < -0.39 is 5.97 Å². The molecule has 0 atom stereocenters. The van der Waals surface area contributed by atoms with Crippen LogP contribution in [0.1, 0.15) is 18.4 Å². The maximum atomic E-state index is 10.3. The van der Waals surface area contributed by atoms with Crippen LogP contribution in [-0.4, -0.2) is 17.7 Å². The third-order valence-electron chi connectivity index (χ3n) is 1.85. The van der Waals surface area contributed by atoms with E-state index in [1.807, 2.05) is 6.07 Å². The second-order valence-electron chi connectivity index (χ2n) is 3.10. The van der Waals surface area contributed by atoms with Crippen LogP contribution in [0.2, 0.25) is 0 Å². The van der Waals surface area contributed by atoms with Crippen LogP contribution in [-0.2, 0) is 4.79 Å². The van der Waals surface area contributed by atoms with Crippen molar-refractivity contribution in [2.45, 2.75) is 12.8 Å². The Hall–Kier alpha value is -1.54. The van der Waals surface area contributed by atoms with E-state index in [2.05, 4.69) is 15.9 Å². The fourth-order valence-electron chi connectivity index (χ4n) is 1.12. The monoisotopic (exact) mass is 283 g/mol. The molecule has 4 nitrogen and oxygen atoms in total. The van der Waals surface area contributed by atoms with E-state index in [-0.39, 0.29) is 6.42 Å². The maximum Gasteiger partial charge on any atom is 0.303 e. The van der Waals surface area contributed by atoms with Gasteiger partial charge in [0.25, 0.3) is 0 Å². The molecule has 0 spiro atoms. The largest absolute Gasteiger partial charge is 0.492 e. The van der Waals surface area contributed by atoms with Crippen molar-refractivity contribution in [1.29, 1.82) is 5.26 Å². The van der Waals surface area contributed by atoms with Gasteiger partial charge in [0.05, 0.1) is 12.2 Å². The van der Waals surface area contributed by atoms with Gasteiger partial charge in [-0.25, -0.2) is 0 Å². The van der Waals surface area contributed by atoms with E-state index in [4.69, 9.17) is 15.1 Å². The molecule has 1 aromatic rings. The molecule has 0 bridgehead atoms. The molecule has 0 amide bonds. The van der Waals surface area contributed by atoms with Crippen molar-refractivity contribution < 1.29 is 14.6 Å². The minimum Gasteiger partial charge on any atom is -0.492 e. The van der Waals surface area contributed by atoms with Crippen molar-refractivity contribution >= 4 is 21.9 Å². The molecule has 1 rings (SSSR count). The van der Waals surface area contributed by atoms with E-state index in [0.29, 0.717) is 24.3 Å². The second kappa shape index (κ2) is 6.13. The van der Waals surface area contributed by atoms with Crippen LogP contribution in [0, 0.1) is 11.3 Å². The van der Waals surface area contributed by atoms with Crippen LogP contribution >= 0.6 is 15.9 Å². The summed E-state index contributed by atoms with van der Waals surface area (Å²) in [5.74, 6) is -0.365. The van der Waals surface area contributed by atoms with E-state index in [1.165, 1.54) is 0 Å². The number of hydrogen-bond acceptors (Lipinski definition) is 3. The van der Waals surface area contributed by atoms with Crippen molar-refractivity contribution in [2.24, 2.45) is 0 Å². The number of nitrogens with zero attached hydrogens (tertiary/aromatic N) is 1. The summed E-state index contributed by atoms with van der Waals surface area (Å²) in [6, 6.07) is 7.13. The Morgan fingerprint density at radius 1 is 1.56 bits per heavy atom. The van der Waals surface area contributed by atoms with E-state index in [0.717, 1.165) is 4.47 Å². The predicted octanol–water partition coefficient (Wildman–Crippen LogP) is 2.56. The van der Waals surface area contributed by atoms with Crippen molar-refractivity contribution in [2.75, 3.05) is 6.61 Å². The summed E-state index contributed by atoms with van der Waals surface area (Å²) in [7, 11) is 0. The Kier molecular flexibility index (Phi) is 4.80. The zero-order valence-corrected chi connectivity index (χ0v) is 10.0. The Balaban J connectivity index is 2.54. The summed E-state index contributed by atoms with van der Waals surface area (Å²) >= 11 is 3.25. The SMILES string of the molecule is N#Cc1cc(Br)ccc1OCCCC(=O)O. The summed E-state index contributed by atoms with van der Waals surface area (Å²) in [5.41, 5.74) is 0.435. The molecule has 0 aliphatic rings. The third-order valence-corrected chi connectivity index (χ3v) is 2.35. The van der Waals surface area contributed by atoms with Gasteiger partial charge in [0, 0.05) is 10.9 Å². The van der Waals surface area contributed by atoms with E-state index in [9.17, 15) is 4.79 Å². The summed E-state index contributed by atoms with van der Waals surface area (Å²) in [6.07, 6.45) is 0.495. The number of carboxylic acid groups (broad SMARTS) is 1. The van der Waals surface area contributed by atoms with Crippen LogP contribution < -0.4 is 4.74 Å². The van der Waals surface area contributed by atoms with E-state index in [1.54, 1.807) is 18.2 Å². The molecule has 0 unspecified atom stereocenters. The molecule has 84 valence electrons. The van der Waals surface area contributed by atoms with Gasteiger partial charge in [0.15, 0.2) is 0 Å². The lowest BCUT2D eigenvalue weighted by atomic mass is 10.2. The molecular weight excluding hydrogens is 274 g/mol. The van der Waals surface area contributed by atoms with Gasteiger partial charge in [0.2, 0.25) is 0 Å². The molecule has 0 aliphatic heterocycles. The zero-order chi connectivity index (χ0) is 12.0. The quantitative estimate of drug-likeness (QED) is 0.843. The van der Waals surface area contributed by atoms with Crippen molar-refractivity contribution in [1.82, 2.24) is 0 Å². The average molecular weight is 284 g/mol. The highest BCUT2D eigenvalue weighted by Crippen LogP contribution is 2.22. The molecule has 0 heterocycles. The molecule has 0 fully saturated rings. The average Bonchev–Trinajstić information content (AvgIpc) is 2.25. The Labute approximate surface area is 102 Å². The topological polar surface area (TPSA) is 70.3 Å². The first-order valence-electron chi connectivity index (χ1n) is 4.67. The van der Waals surface area contributed by atoms with Crippen LogP contribution in [0.3, 0.4) is 0 Å². The summed E-state index contributed by atoms with van der Waals surface area (Å²) < 4.78 is 6.13. The number of halogens is 1. The van der Waals surface area contributed by atoms with Crippen LogP contribution in [0.4, 0.5) is 0 Å². The molecule has 0 saturated heterocycles. The molecule has 0 radical (unpaired) electrons. The van der Waals surface area contributed by atoms with Gasteiger partial charge in [-0.2, -0.15) is 5.26 Å². The Morgan fingerprint density at radius 3 is 2.94 bits per heavy atom. The van der Waals surface area contributed by atoms with E-state index >= 15 is 0 Å². The summed E-state index contributed by atoms with van der Waals surface area (Å²) in [4.78, 5) is 10.3. The minimum atomic E-state index is -0.847. The molecule has 0 aliphatic carbocycles. The van der Waals surface area contributed by atoms with Crippen LogP contribution in [0.5, 0.6) is 5.75 Å². The molecule has 1 aromatic carbocycles. The summed E-state index contributed by atoms with van der Waals surface area (Å²) in [5, 5.41) is 17.3. The number of rotatable bonds is 5. The minimum absolute atomic E-state index is 0.0679. The van der Waals surface area contributed by atoms with Crippen molar-refractivity contribution in [3.05, 3.63) is 28.2 Å². The van der Waals surface area contributed by atoms with Gasteiger partial charge in [-0.05, 0) is 24.6 Å². The Bertz CT molecular complexity index is 426. The predicted molar refractivity (Wildman–Crippen MR) is 61.2 cm³/mol. The molecule has 16 heavy (non-hydrogen) atoms. The van der Waals surface area contributed by atoms with Gasteiger partial charge in [-0.15, -0.1) is 0 Å². The van der Waals surface area contributed by atoms with Gasteiger partial charge in [-0.1, -0.05) is 15.9 Å². The first-order chi connectivity index (χ1) is 7.63. The number of aliphatic carboxylic acids is 1. The number of carbonyl (C=O) groups is 1. The van der Waals surface area contributed by atoms with Gasteiger partial charge >= 0.3 is 5.97 Å². The number of hydrogen-bond donors (Lipinski definition) is 1. The normalized spacial score (nSPS) is 9.50. The highest BCUT2D eigenvalue weighted by atomic mass is 79.9. The van der Waals surface area contributed by atoms with Crippen molar-refractivity contribution in [3.63, 3.8) is 0 Å². The maximum absolute atomic E-state index is 10.3. The summed E-state index contributed by atoms with van der Waals surface area (Å²) in [6.45, 7) is 0.294. The third kappa shape index (κ3) is 3.91. The van der Waals surface area contributed by atoms with Gasteiger partial charge in [-0.3, -0.25) is 4.79 Å². The molecule has 0 saturated carbocycles. The number of nitriles is 1. The molecule has 5 heteroatoms. The van der Waals surface area contributed by atoms with Gasteiger partial charge in [0.1, 0.15) is 11.8 Å². The first kappa shape index (κ1) is 12.5. The highest BCUT2D eigenvalue weighted by molar-refractivity contribution is 9.10. The molecular formula is C11H10BrNO3. The van der Waals surface area contributed by atoms with Crippen LogP contribution in [0.15, 0.2) is 22.7 Å². The zero-order valence-electron chi connectivity index (χ0n) is 8.44. The fraction of sp³-hybridized carbons (Fsp3) is 0.273. The number of benzene rings is 1. The second-order valence-corrected chi connectivity index (χ2v) is 4.01. The Morgan fingerprint density at radius 2 is 2.31 bits per heavy atom. The number of carboxylic acids is 1. The van der Waals surface area contributed by atoms with Crippen LogP contribution in [0.25, 0.3) is 0 Å².